The molecule has 2 fully saturated rings. The third-order valence-corrected chi connectivity index (χ3v) is 5.66. The highest BCUT2D eigenvalue weighted by Crippen LogP contribution is 2.52. The van der Waals surface area contributed by atoms with Gasteiger partial charge in [0.05, 0.1) is 11.8 Å². The Morgan fingerprint density at radius 2 is 2.12 bits per heavy atom. The molecular formula is C18H30N4O2. The normalized spacial score (nSPS) is 28.4. The Hall–Kier alpha value is -1.56. The molecule has 0 spiro atoms. The van der Waals surface area contributed by atoms with Crippen LogP contribution < -0.4 is 10.6 Å². The maximum atomic E-state index is 5.87. The van der Waals surface area contributed by atoms with Gasteiger partial charge in [-0.2, -0.15) is 0 Å². The van der Waals surface area contributed by atoms with Gasteiger partial charge in [-0.05, 0) is 12.8 Å². The molecule has 0 radical (unpaired) electrons. The molecule has 2 heterocycles. The van der Waals surface area contributed by atoms with E-state index in [1.807, 2.05) is 7.05 Å². The summed E-state index contributed by atoms with van der Waals surface area (Å²) in [6.45, 7) is 10.3. The van der Waals surface area contributed by atoms with Gasteiger partial charge in [0.15, 0.2) is 5.96 Å². The zero-order chi connectivity index (χ0) is 17.3. The van der Waals surface area contributed by atoms with Crippen molar-refractivity contribution < 1.29 is 9.26 Å². The fraction of sp³-hybridized carbons (Fsp3) is 0.778. The molecule has 3 atom stereocenters. The molecule has 2 aliphatic rings. The first-order valence-electron chi connectivity index (χ1n) is 9.07. The number of aromatic nitrogens is 1. The van der Waals surface area contributed by atoms with Crippen molar-refractivity contribution in [3.05, 3.63) is 17.0 Å². The van der Waals surface area contributed by atoms with Crippen LogP contribution in [0.15, 0.2) is 9.52 Å². The van der Waals surface area contributed by atoms with Crippen molar-refractivity contribution in [2.24, 2.45) is 16.3 Å². The molecule has 1 saturated heterocycles. The molecule has 3 unspecified atom stereocenters. The molecule has 0 bridgehead atoms. The Labute approximate surface area is 144 Å². The second kappa shape index (κ2) is 6.75. The van der Waals surface area contributed by atoms with E-state index in [0.717, 1.165) is 48.8 Å². The van der Waals surface area contributed by atoms with Crippen LogP contribution in [0, 0.1) is 11.3 Å². The Kier molecular flexibility index (Phi) is 4.85. The first kappa shape index (κ1) is 17.3. The fourth-order valence-corrected chi connectivity index (χ4v) is 4.27. The fourth-order valence-electron chi connectivity index (χ4n) is 4.27. The lowest BCUT2D eigenvalue weighted by Gasteiger charge is -2.54. The second-order valence-electron chi connectivity index (χ2n) is 7.35. The van der Waals surface area contributed by atoms with E-state index in [1.165, 1.54) is 0 Å². The van der Waals surface area contributed by atoms with Gasteiger partial charge >= 0.3 is 0 Å². The van der Waals surface area contributed by atoms with E-state index in [0.29, 0.717) is 24.6 Å². The maximum absolute atomic E-state index is 5.87. The van der Waals surface area contributed by atoms with Crippen LogP contribution in [0.2, 0.25) is 0 Å². The molecule has 1 saturated carbocycles. The minimum atomic E-state index is 0.138. The topological polar surface area (TPSA) is 71.7 Å². The maximum Gasteiger partial charge on any atom is 0.191 e. The van der Waals surface area contributed by atoms with Gasteiger partial charge in [-0.15, -0.1) is 0 Å². The molecule has 2 N–H and O–H groups in total. The van der Waals surface area contributed by atoms with Gasteiger partial charge in [0.1, 0.15) is 5.76 Å². The molecule has 134 valence electrons. The van der Waals surface area contributed by atoms with Gasteiger partial charge in [-0.25, -0.2) is 0 Å². The van der Waals surface area contributed by atoms with Gasteiger partial charge in [-0.1, -0.05) is 32.9 Å². The molecule has 6 nitrogen and oxygen atoms in total. The summed E-state index contributed by atoms with van der Waals surface area (Å²) >= 11 is 0. The van der Waals surface area contributed by atoms with Crippen molar-refractivity contribution in [2.45, 2.75) is 65.6 Å². The number of fused-ring (bicyclic) bond motifs is 1. The van der Waals surface area contributed by atoms with E-state index in [1.54, 1.807) is 0 Å². The molecule has 1 aliphatic heterocycles. The molecule has 1 aliphatic carbocycles. The predicted octanol–water partition coefficient (Wildman–Crippen LogP) is 2.28. The molecule has 6 heteroatoms. The monoisotopic (exact) mass is 334 g/mol. The van der Waals surface area contributed by atoms with E-state index < -0.39 is 0 Å². The summed E-state index contributed by atoms with van der Waals surface area (Å²) in [5, 5.41) is 11.2. The van der Waals surface area contributed by atoms with E-state index in [2.05, 4.69) is 48.5 Å². The Morgan fingerprint density at radius 3 is 2.79 bits per heavy atom. The van der Waals surface area contributed by atoms with Gasteiger partial charge in [0.2, 0.25) is 0 Å². The molecule has 1 aromatic rings. The molecule has 1 aromatic heterocycles. The van der Waals surface area contributed by atoms with Crippen LogP contribution in [0.1, 0.15) is 51.1 Å². The highest BCUT2D eigenvalue weighted by Gasteiger charge is 2.59. The van der Waals surface area contributed by atoms with Crippen LogP contribution in [0.4, 0.5) is 0 Å². The number of nitrogens with zero attached hydrogens (tertiary/aromatic N) is 2. The third-order valence-electron chi connectivity index (χ3n) is 5.66. The van der Waals surface area contributed by atoms with Crippen molar-refractivity contribution in [1.82, 2.24) is 15.8 Å². The van der Waals surface area contributed by atoms with Gasteiger partial charge in [0, 0.05) is 49.6 Å². The van der Waals surface area contributed by atoms with Crippen LogP contribution >= 0.6 is 0 Å². The minimum Gasteiger partial charge on any atom is -0.377 e. The predicted molar refractivity (Wildman–Crippen MR) is 94.0 cm³/mol. The van der Waals surface area contributed by atoms with Crippen molar-refractivity contribution in [3.63, 3.8) is 0 Å². The smallest absolute Gasteiger partial charge is 0.191 e. The standard InChI is InChI=1S/C18H30N4O2/c1-6-13-12(14(7-2)24-22-13)10-20-17(19-5)21-15-11-8-9-23-16(11)18(15,3)4/h11,15-16H,6-10H2,1-5H3,(H2,19,20,21). The Morgan fingerprint density at radius 1 is 1.33 bits per heavy atom. The van der Waals surface area contributed by atoms with Crippen LogP contribution in [-0.4, -0.2) is 36.9 Å². The first-order chi connectivity index (χ1) is 11.5. The van der Waals surface area contributed by atoms with Crippen LogP contribution in [-0.2, 0) is 24.1 Å². The zero-order valence-corrected chi connectivity index (χ0v) is 15.5. The van der Waals surface area contributed by atoms with Crippen LogP contribution in [0.25, 0.3) is 0 Å². The summed E-state index contributed by atoms with van der Waals surface area (Å²) < 4.78 is 11.3. The Balaban J connectivity index is 1.63. The molecule has 24 heavy (non-hydrogen) atoms. The highest BCUT2D eigenvalue weighted by atomic mass is 16.5. The minimum absolute atomic E-state index is 0.138. The number of aliphatic imine (C=N–C) groups is 1. The van der Waals surface area contributed by atoms with Gasteiger partial charge in [-0.3, -0.25) is 4.99 Å². The number of nitrogens with one attached hydrogen (secondary N) is 2. The largest absolute Gasteiger partial charge is 0.377 e. The summed E-state index contributed by atoms with van der Waals surface area (Å²) in [4.78, 5) is 4.40. The summed E-state index contributed by atoms with van der Waals surface area (Å²) in [6, 6.07) is 0.398. The quantitative estimate of drug-likeness (QED) is 0.638. The summed E-state index contributed by atoms with van der Waals surface area (Å²) in [5.41, 5.74) is 2.33. The summed E-state index contributed by atoms with van der Waals surface area (Å²) in [5.74, 6) is 2.39. The van der Waals surface area contributed by atoms with E-state index >= 15 is 0 Å². The average molecular weight is 334 g/mol. The SMILES string of the molecule is CCc1noc(CC)c1CNC(=NC)NC1C2CCOC2C1(C)C. The summed E-state index contributed by atoms with van der Waals surface area (Å²) in [7, 11) is 1.82. The number of rotatable bonds is 5. The van der Waals surface area contributed by atoms with E-state index in [9.17, 15) is 0 Å². The van der Waals surface area contributed by atoms with Crippen LogP contribution in [0.5, 0.6) is 0 Å². The Bertz CT molecular complexity index is 587. The average Bonchev–Trinajstić information content (AvgIpc) is 3.19. The lowest BCUT2D eigenvalue weighted by molar-refractivity contribution is -0.106. The van der Waals surface area contributed by atoms with Gasteiger partial charge in [0.25, 0.3) is 0 Å². The number of hydrogen-bond acceptors (Lipinski definition) is 4. The second-order valence-corrected chi connectivity index (χ2v) is 7.35. The van der Waals surface area contributed by atoms with E-state index in [4.69, 9.17) is 9.26 Å². The number of hydrogen-bond donors (Lipinski definition) is 2. The number of guanidine groups is 1. The number of aryl methyl sites for hydroxylation is 2. The van der Waals surface area contributed by atoms with E-state index in [-0.39, 0.29) is 5.41 Å². The van der Waals surface area contributed by atoms with Crippen LogP contribution in [0.3, 0.4) is 0 Å². The zero-order valence-electron chi connectivity index (χ0n) is 15.5. The van der Waals surface area contributed by atoms with Crippen molar-refractivity contribution in [1.29, 1.82) is 0 Å². The highest BCUT2D eigenvalue weighted by molar-refractivity contribution is 5.80. The molecule has 0 amide bonds. The first-order valence-corrected chi connectivity index (χ1v) is 9.07. The third kappa shape index (κ3) is 2.81. The summed E-state index contributed by atoms with van der Waals surface area (Å²) in [6.07, 6.45) is 3.24. The molecular weight excluding hydrogens is 304 g/mol. The number of ether oxygens (including phenoxy) is 1. The van der Waals surface area contributed by atoms with Crippen molar-refractivity contribution in [3.8, 4) is 0 Å². The molecule has 3 rings (SSSR count). The van der Waals surface area contributed by atoms with Gasteiger partial charge < -0.3 is 19.9 Å². The van der Waals surface area contributed by atoms with Crippen molar-refractivity contribution in [2.75, 3.05) is 13.7 Å². The lowest BCUT2D eigenvalue weighted by atomic mass is 9.57. The lowest BCUT2D eigenvalue weighted by Crippen LogP contribution is -2.67. The van der Waals surface area contributed by atoms with Crippen molar-refractivity contribution >= 4 is 5.96 Å². The molecule has 0 aromatic carbocycles.